The van der Waals surface area contributed by atoms with E-state index in [1.54, 1.807) is 0 Å². The number of allylic oxidation sites excluding steroid dienone is 20. The molecule has 66 heavy (non-hydrogen) atoms. The minimum absolute atomic E-state index is 0.0901. The number of esters is 3. The van der Waals surface area contributed by atoms with Gasteiger partial charge in [0.2, 0.25) is 0 Å². The first-order chi connectivity index (χ1) is 32.2. The number of aliphatic hydroxyl groups excluding tert-OH is 1. The fourth-order valence-corrected chi connectivity index (χ4v) is 6.53. The average Bonchev–Trinajstić information content (AvgIpc) is 3.30. The van der Waals surface area contributed by atoms with Crippen LogP contribution in [0.5, 0.6) is 0 Å². The standard InChI is InChI=1S/C54H85O11P/c1-4-7-10-13-16-19-22-25-28-31-34-37-40-43-52(56)61-47-51(65-54(58)45-42-39-36-33-30-27-24-21-18-15-12-9-6-3)49-63-66(59,60)62-48-50(46-55)64-53(57)44-41-38-35-32-29-26-23-20-17-14-11-8-5-2/h7-12,16-21,25-30,34,37,50-51,55H,4-6,13-15,22-24,31-33,35-36,38-49H2,1-3H3,(H,59,60)/b10-7-,11-8-,12-9-,19-16-,20-17-,21-18-,28-25-,29-26-,30-27-,37-34-. The lowest BCUT2D eigenvalue weighted by Gasteiger charge is -2.21. The lowest BCUT2D eigenvalue weighted by molar-refractivity contribution is -0.161. The van der Waals surface area contributed by atoms with E-state index in [0.29, 0.717) is 19.3 Å². The van der Waals surface area contributed by atoms with E-state index in [-0.39, 0.29) is 19.3 Å². The predicted molar refractivity (Wildman–Crippen MR) is 270 cm³/mol. The number of phosphoric acid groups is 1. The third kappa shape index (κ3) is 45.1. The lowest BCUT2D eigenvalue weighted by Crippen LogP contribution is -2.30. The molecule has 0 bridgehead atoms. The van der Waals surface area contributed by atoms with E-state index in [1.807, 2.05) is 12.2 Å². The number of hydrogen-bond acceptors (Lipinski definition) is 10. The molecule has 3 unspecified atom stereocenters. The van der Waals surface area contributed by atoms with E-state index in [1.165, 1.54) is 0 Å². The van der Waals surface area contributed by atoms with Crippen molar-refractivity contribution in [2.45, 2.75) is 174 Å². The van der Waals surface area contributed by atoms with Crippen LogP contribution in [0.25, 0.3) is 0 Å². The quantitative estimate of drug-likeness (QED) is 0.0197. The zero-order valence-electron chi connectivity index (χ0n) is 40.6. The smallest absolute Gasteiger partial charge is 0.462 e. The lowest BCUT2D eigenvalue weighted by atomic mass is 10.1. The monoisotopic (exact) mass is 941 g/mol. The summed E-state index contributed by atoms with van der Waals surface area (Å²) in [6.07, 6.45) is 56.3. The molecule has 3 atom stereocenters. The summed E-state index contributed by atoms with van der Waals surface area (Å²) in [7, 11) is -4.78. The Kier molecular flexibility index (Phi) is 44.4. The van der Waals surface area contributed by atoms with Crippen LogP contribution in [0.3, 0.4) is 0 Å². The Morgan fingerprint density at radius 3 is 1.17 bits per heavy atom. The summed E-state index contributed by atoms with van der Waals surface area (Å²) in [5, 5.41) is 9.75. The highest BCUT2D eigenvalue weighted by Crippen LogP contribution is 2.43. The Morgan fingerprint density at radius 1 is 0.424 bits per heavy atom. The fraction of sp³-hybridized carbons (Fsp3) is 0.574. The molecule has 0 saturated carbocycles. The van der Waals surface area contributed by atoms with Gasteiger partial charge in [-0.1, -0.05) is 155 Å². The van der Waals surface area contributed by atoms with Gasteiger partial charge in [-0.3, -0.25) is 23.4 Å². The van der Waals surface area contributed by atoms with E-state index in [9.17, 15) is 28.9 Å². The van der Waals surface area contributed by atoms with Gasteiger partial charge in [-0.15, -0.1) is 0 Å². The summed E-state index contributed by atoms with van der Waals surface area (Å²) in [6, 6.07) is 0. The van der Waals surface area contributed by atoms with Gasteiger partial charge in [-0.05, 0) is 109 Å². The number of carbonyl (C=O) groups is 3. The number of unbranched alkanes of at least 4 members (excludes halogenated alkanes) is 6. The molecule has 0 aliphatic heterocycles. The molecule has 0 fully saturated rings. The largest absolute Gasteiger partial charge is 0.472 e. The molecule has 0 radical (unpaired) electrons. The maximum atomic E-state index is 12.8. The second kappa shape index (κ2) is 47.4. The minimum atomic E-state index is -4.78. The van der Waals surface area contributed by atoms with Crippen molar-refractivity contribution in [3.63, 3.8) is 0 Å². The molecular weight excluding hydrogens is 856 g/mol. The predicted octanol–water partition coefficient (Wildman–Crippen LogP) is 13.7. The van der Waals surface area contributed by atoms with Crippen molar-refractivity contribution in [3.05, 3.63) is 122 Å². The zero-order valence-corrected chi connectivity index (χ0v) is 41.5. The zero-order chi connectivity index (χ0) is 48.4. The van der Waals surface area contributed by atoms with Crippen molar-refractivity contribution < 1.29 is 52.2 Å². The Balaban J connectivity index is 4.92. The van der Waals surface area contributed by atoms with Crippen LogP contribution in [0.1, 0.15) is 162 Å². The van der Waals surface area contributed by atoms with E-state index >= 15 is 0 Å². The molecule has 12 heteroatoms. The van der Waals surface area contributed by atoms with Crippen LogP contribution < -0.4 is 0 Å². The Hall–Kier alpha value is -4.12. The molecule has 0 aliphatic rings. The third-order valence-corrected chi connectivity index (χ3v) is 10.3. The van der Waals surface area contributed by atoms with Crippen LogP contribution >= 0.6 is 7.82 Å². The highest BCUT2D eigenvalue weighted by Gasteiger charge is 2.28. The number of ether oxygens (including phenoxy) is 3. The molecular formula is C54H85O11P. The second-order valence-electron chi connectivity index (χ2n) is 15.5. The van der Waals surface area contributed by atoms with E-state index in [2.05, 4.69) is 130 Å². The van der Waals surface area contributed by atoms with Crippen molar-refractivity contribution in [3.8, 4) is 0 Å². The topological polar surface area (TPSA) is 155 Å². The van der Waals surface area contributed by atoms with E-state index in [4.69, 9.17) is 23.3 Å². The number of aliphatic hydroxyl groups is 1. The molecule has 0 saturated heterocycles. The Bertz CT molecular complexity index is 1570. The molecule has 0 aromatic rings. The molecule has 0 spiro atoms. The second-order valence-corrected chi connectivity index (χ2v) is 16.9. The Morgan fingerprint density at radius 2 is 0.773 bits per heavy atom. The average molecular weight is 941 g/mol. The van der Waals surface area contributed by atoms with Crippen LogP contribution in [0.15, 0.2) is 122 Å². The first kappa shape index (κ1) is 61.9. The molecule has 0 rings (SSSR count). The van der Waals surface area contributed by atoms with Crippen molar-refractivity contribution >= 4 is 25.7 Å². The van der Waals surface area contributed by atoms with Crippen molar-refractivity contribution in [1.29, 1.82) is 0 Å². The Labute approximate surface area is 398 Å². The van der Waals surface area contributed by atoms with Gasteiger partial charge in [-0.2, -0.15) is 0 Å². The highest BCUT2D eigenvalue weighted by atomic mass is 31.2. The van der Waals surface area contributed by atoms with Crippen LogP contribution in [0, 0.1) is 0 Å². The summed E-state index contributed by atoms with van der Waals surface area (Å²) in [6.45, 7) is 4.09. The SMILES string of the molecule is CC/C=C\C/C=C\C/C=C\C/C=C\CCC(=O)OCC(COP(=O)(O)OCC(CO)OC(=O)CCCCC/C=C\C/C=C\C/C=C\CC)OC(=O)CCCCC/C=C\C/C=C\C/C=C\CC. The van der Waals surface area contributed by atoms with Crippen LogP contribution in [-0.2, 0) is 42.2 Å². The summed E-state index contributed by atoms with van der Waals surface area (Å²) < 4.78 is 39.1. The van der Waals surface area contributed by atoms with Gasteiger partial charge >= 0.3 is 25.7 Å². The third-order valence-electron chi connectivity index (χ3n) is 9.37. The van der Waals surface area contributed by atoms with Gasteiger partial charge in [0.05, 0.1) is 19.8 Å². The number of phosphoric ester groups is 1. The highest BCUT2D eigenvalue weighted by molar-refractivity contribution is 7.47. The molecule has 2 N–H and O–H groups in total. The molecule has 0 aromatic carbocycles. The van der Waals surface area contributed by atoms with E-state index in [0.717, 1.165) is 103 Å². The molecule has 372 valence electrons. The number of carbonyl (C=O) groups excluding carboxylic acids is 3. The van der Waals surface area contributed by atoms with E-state index < -0.39 is 64.4 Å². The van der Waals surface area contributed by atoms with Crippen molar-refractivity contribution in [2.24, 2.45) is 0 Å². The van der Waals surface area contributed by atoms with Gasteiger partial charge in [-0.25, -0.2) is 4.57 Å². The number of hydrogen-bond donors (Lipinski definition) is 2. The summed E-state index contributed by atoms with van der Waals surface area (Å²) >= 11 is 0. The van der Waals surface area contributed by atoms with Gasteiger partial charge in [0, 0.05) is 19.3 Å². The van der Waals surface area contributed by atoms with Gasteiger partial charge < -0.3 is 24.2 Å². The molecule has 0 amide bonds. The number of rotatable bonds is 43. The van der Waals surface area contributed by atoms with Gasteiger partial charge in [0.25, 0.3) is 0 Å². The van der Waals surface area contributed by atoms with Gasteiger partial charge in [0.1, 0.15) is 12.7 Å². The normalized spacial score (nSPS) is 14.6. The molecule has 0 heterocycles. The van der Waals surface area contributed by atoms with Crippen molar-refractivity contribution in [1.82, 2.24) is 0 Å². The van der Waals surface area contributed by atoms with Gasteiger partial charge in [0.15, 0.2) is 6.10 Å². The molecule has 0 aliphatic carbocycles. The molecule has 11 nitrogen and oxygen atoms in total. The fourth-order valence-electron chi connectivity index (χ4n) is 5.75. The van der Waals surface area contributed by atoms with Crippen molar-refractivity contribution in [2.75, 3.05) is 26.4 Å². The summed E-state index contributed by atoms with van der Waals surface area (Å²) in [5.41, 5.74) is 0. The minimum Gasteiger partial charge on any atom is -0.462 e. The molecule has 0 aromatic heterocycles. The first-order valence-corrected chi connectivity index (χ1v) is 25.9. The summed E-state index contributed by atoms with van der Waals surface area (Å²) in [5.74, 6) is -1.65. The maximum Gasteiger partial charge on any atom is 0.472 e. The van der Waals surface area contributed by atoms with Crippen LogP contribution in [-0.4, -0.2) is 66.5 Å². The maximum absolute atomic E-state index is 12.8. The van der Waals surface area contributed by atoms with Crippen LogP contribution in [0.2, 0.25) is 0 Å². The first-order valence-electron chi connectivity index (χ1n) is 24.4. The van der Waals surface area contributed by atoms with Crippen LogP contribution in [0.4, 0.5) is 0 Å². The summed E-state index contributed by atoms with van der Waals surface area (Å²) in [4.78, 5) is 48.1.